The number of hydroxylamine groups is 1. The van der Waals surface area contributed by atoms with E-state index in [0.29, 0.717) is 4.47 Å². The van der Waals surface area contributed by atoms with Crippen LogP contribution in [0.2, 0.25) is 0 Å². The van der Waals surface area contributed by atoms with E-state index in [9.17, 15) is 9.90 Å². The molecular weight excluding hydrogens is 358 g/mol. The summed E-state index contributed by atoms with van der Waals surface area (Å²) in [5, 5.41) is 9.85. The van der Waals surface area contributed by atoms with Gasteiger partial charge in [0, 0.05) is 0 Å². The van der Waals surface area contributed by atoms with Gasteiger partial charge >= 0.3 is 0 Å². The van der Waals surface area contributed by atoms with Crippen molar-refractivity contribution in [2.45, 2.75) is 13.5 Å². The van der Waals surface area contributed by atoms with E-state index in [2.05, 4.69) is 21.4 Å². The minimum atomic E-state index is -0.483. The second-order valence-electron chi connectivity index (χ2n) is 4.35. The molecule has 0 fully saturated rings. The van der Waals surface area contributed by atoms with E-state index in [-0.39, 0.29) is 30.3 Å². The van der Waals surface area contributed by atoms with E-state index in [0.717, 1.165) is 11.1 Å². The summed E-state index contributed by atoms with van der Waals surface area (Å²) in [4.78, 5) is 17.1. The number of carbonyl (C=O) groups is 1. The topological polar surface area (TPSA) is 58.6 Å². The van der Waals surface area contributed by atoms with Gasteiger partial charge in [-0.05, 0) is 46.1 Å². The number of aromatic hydroxyl groups is 1. The van der Waals surface area contributed by atoms with Crippen LogP contribution < -0.4 is 5.48 Å². The van der Waals surface area contributed by atoms with Crippen LogP contribution in [0.5, 0.6) is 5.75 Å². The first-order chi connectivity index (χ1) is 9.58. The Kier molecular flexibility index (Phi) is 6.68. The number of hydrogen-bond donors (Lipinski definition) is 2. The van der Waals surface area contributed by atoms with Crippen molar-refractivity contribution < 1.29 is 14.7 Å². The SMILES string of the molecule is Cc1cc(Br)c(O)c(C(=O)NOCc2ccccc2)c1.Cl. The lowest BCUT2D eigenvalue weighted by Gasteiger charge is -2.09. The van der Waals surface area contributed by atoms with Gasteiger partial charge in [0.1, 0.15) is 5.75 Å². The molecule has 0 aliphatic carbocycles. The van der Waals surface area contributed by atoms with Crippen molar-refractivity contribution in [1.82, 2.24) is 5.48 Å². The Labute approximate surface area is 137 Å². The number of carbonyl (C=O) groups excluding carboxylic acids is 1. The standard InChI is InChI=1S/C15H14BrNO3.ClH/c1-10-7-12(14(18)13(16)8-10)15(19)17-20-9-11-5-3-2-4-6-11;/h2-8,18H,9H2,1H3,(H,17,19);1H. The fourth-order valence-corrected chi connectivity index (χ4v) is 2.30. The quantitative estimate of drug-likeness (QED) is 0.804. The molecule has 2 rings (SSSR count). The second-order valence-corrected chi connectivity index (χ2v) is 5.20. The minimum absolute atomic E-state index is 0. The predicted molar refractivity (Wildman–Crippen MR) is 86.5 cm³/mol. The highest BCUT2D eigenvalue weighted by molar-refractivity contribution is 9.10. The van der Waals surface area contributed by atoms with Crippen molar-refractivity contribution in [2.75, 3.05) is 0 Å². The Hall–Kier alpha value is -1.56. The van der Waals surface area contributed by atoms with E-state index in [4.69, 9.17) is 4.84 Å². The van der Waals surface area contributed by atoms with Crippen LogP contribution in [0.1, 0.15) is 21.5 Å². The number of nitrogens with one attached hydrogen (secondary N) is 1. The van der Waals surface area contributed by atoms with Crippen LogP contribution >= 0.6 is 28.3 Å². The molecule has 2 N–H and O–H groups in total. The molecule has 112 valence electrons. The number of aryl methyl sites for hydroxylation is 1. The molecular formula is C15H15BrClNO3. The molecule has 0 heterocycles. The van der Waals surface area contributed by atoms with Crippen molar-refractivity contribution in [3.05, 3.63) is 63.6 Å². The number of hydrogen-bond acceptors (Lipinski definition) is 3. The number of phenols is 1. The minimum Gasteiger partial charge on any atom is -0.506 e. The highest BCUT2D eigenvalue weighted by Gasteiger charge is 2.14. The zero-order chi connectivity index (χ0) is 14.5. The lowest BCUT2D eigenvalue weighted by atomic mass is 10.1. The number of phenolic OH excluding ortho intramolecular Hbond substituents is 1. The van der Waals surface area contributed by atoms with Gasteiger partial charge in [-0.15, -0.1) is 12.4 Å². The smallest absolute Gasteiger partial charge is 0.278 e. The molecule has 2 aromatic rings. The van der Waals surface area contributed by atoms with Gasteiger partial charge < -0.3 is 5.11 Å². The van der Waals surface area contributed by atoms with Crippen molar-refractivity contribution >= 4 is 34.2 Å². The van der Waals surface area contributed by atoms with Crippen molar-refractivity contribution in [1.29, 1.82) is 0 Å². The van der Waals surface area contributed by atoms with Gasteiger partial charge in [-0.1, -0.05) is 30.3 Å². The zero-order valence-electron chi connectivity index (χ0n) is 11.3. The Bertz CT molecular complexity index is 620. The van der Waals surface area contributed by atoms with Gasteiger partial charge in [0.05, 0.1) is 16.6 Å². The number of halogens is 2. The van der Waals surface area contributed by atoms with E-state index in [1.165, 1.54) is 0 Å². The van der Waals surface area contributed by atoms with Crippen molar-refractivity contribution in [2.24, 2.45) is 0 Å². The molecule has 0 radical (unpaired) electrons. The predicted octanol–water partition coefficient (Wildman–Crippen LogP) is 3.75. The molecule has 0 aliphatic rings. The molecule has 0 aromatic heterocycles. The lowest BCUT2D eigenvalue weighted by molar-refractivity contribution is 0.0231. The summed E-state index contributed by atoms with van der Waals surface area (Å²) in [7, 11) is 0. The Balaban J connectivity index is 0.00000220. The third-order valence-electron chi connectivity index (χ3n) is 2.70. The fourth-order valence-electron chi connectivity index (χ4n) is 1.72. The first kappa shape index (κ1) is 17.5. The average molecular weight is 373 g/mol. The maximum atomic E-state index is 11.9. The maximum absolute atomic E-state index is 11.9. The summed E-state index contributed by atoms with van der Waals surface area (Å²) in [6.45, 7) is 2.10. The summed E-state index contributed by atoms with van der Waals surface area (Å²) in [6.07, 6.45) is 0. The molecule has 0 unspecified atom stereocenters. The summed E-state index contributed by atoms with van der Waals surface area (Å²) in [6, 6.07) is 12.8. The monoisotopic (exact) mass is 371 g/mol. The van der Waals surface area contributed by atoms with Gasteiger partial charge in [-0.25, -0.2) is 5.48 Å². The summed E-state index contributed by atoms with van der Waals surface area (Å²) >= 11 is 3.20. The molecule has 0 bridgehead atoms. The van der Waals surface area contributed by atoms with Gasteiger partial charge in [-0.3, -0.25) is 9.63 Å². The largest absolute Gasteiger partial charge is 0.506 e. The summed E-state index contributed by atoms with van der Waals surface area (Å²) in [5.74, 6) is -0.584. The first-order valence-corrected chi connectivity index (χ1v) is 6.82. The summed E-state index contributed by atoms with van der Waals surface area (Å²) in [5.41, 5.74) is 4.30. The highest BCUT2D eigenvalue weighted by Crippen LogP contribution is 2.29. The van der Waals surface area contributed by atoms with Gasteiger partial charge in [-0.2, -0.15) is 0 Å². The Morgan fingerprint density at radius 2 is 1.95 bits per heavy atom. The third-order valence-corrected chi connectivity index (χ3v) is 3.30. The average Bonchev–Trinajstić information content (AvgIpc) is 2.44. The third kappa shape index (κ3) is 4.74. The van der Waals surface area contributed by atoms with Gasteiger partial charge in [0.15, 0.2) is 0 Å². The van der Waals surface area contributed by atoms with Crippen LogP contribution in [0.3, 0.4) is 0 Å². The molecule has 6 heteroatoms. The molecule has 0 spiro atoms. The van der Waals surface area contributed by atoms with Crippen LogP contribution in [0.4, 0.5) is 0 Å². The maximum Gasteiger partial charge on any atom is 0.278 e. The van der Waals surface area contributed by atoms with Gasteiger partial charge in [0.25, 0.3) is 5.91 Å². The first-order valence-electron chi connectivity index (χ1n) is 6.03. The van der Waals surface area contributed by atoms with Crippen LogP contribution in [0.25, 0.3) is 0 Å². The van der Waals surface area contributed by atoms with E-state index in [1.54, 1.807) is 12.1 Å². The Morgan fingerprint density at radius 3 is 2.62 bits per heavy atom. The van der Waals surface area contributed by atoms with Crippen molar-refractivity contribution in [3.63, 3.8) is 0 Å². The number of amides is 1. The lowest BCUT2D eigenvalue weighted by Crippen LogP contribution is -2.23. The van der Waals surface area contributed by atoms with E-state index < -0.39 is 5.91 Å². The van der Waals surface area contributed by atoms with Crippen LogP contribution in [-0.2, 0) is 11.4 Å². The summed E-state index contributed by atoms with van der Waals surface area (Å²) < 4.78 is 0.478. The van der Waals surface area contributed by atoms with Crippen LogP contribution in [0, 0.1) is 6.92 Å². The fraction of sp³-hybridized carbons (Fsp3) is 0.133. The number of benzene rings is 2. The molecule has 0 aliphatic heterocycles. The molecule has 0 saturated carbocycles. The molecule has 1 amide bonds. The second kappa shape index (κ2) is 8.02. The zero-order valence-corrected chi connectivity index (χ0v) is 13.7. The molecule has 0 atom stereocenters. The normalized spacial score (nSPS) is 9.81. The Morgan fingerprint density at radius 1 is 1.29 bits per heavy atom. The highest BCUT2D eigenvalue weighted by atomic mass is 79.9. The van der Waals surface area contributed by atoms with Crippen LogP contribution in [-0.4, -0.2) is 11.0 Å². The van der Waals surface area contributed by atoms with E-state index in [1.807, 2.05) is 37.3 Å². The molecule has 0 saturated heterocycles. The molecule has 21 heavy (non-hydrogen) atoms. The van der Waals surface area contributed by atoms with Gasteiger partial charge in [0.2, 0.25) is 0 Å². The van der Waals surface area contributed by atoms with E-state index >= 15 is 0 Å². The molecule has 4 nitrogen and oxygen atoms in total. The number of rotatable bonds is 4. The van der Waals surface area contributed by atoms with Crippen molar-refractivity contribution in [3.8, 4) is 5.75 Å². The van der Waals surface area contributed by atoms with Crippen LogP contribution in [0.15, 0.2) is 46.9 Å². The molecule has 2 aromatic carbocycles.